The predicted molar refractivity (Wildman–Crippen MR) is 77.6 cm³/mol. The zero-order valence-corrected chi connectivity index (χ0v) is 11.3. The number of rotatable bonds is 3. The lowest BCUT2D eigenvalue weighted by Gasteiger charge is -2.05. The van der Waals surface area contributed by atoms with E-state index >= 15 is 0 Å². The number of hydrogen-bond donors (Lipinski definition) is 2. The third-order valence-electron chi connectivity index (χ3n) is 2.35. The fourth-order valence-electron chi connectivity index (χ4n) is 1.42. The lowest BCUT2D eigenvalue weighted by Crippen LogP contribution is -2.22. The summed E-state index contributed by atoms with van der Waals surface area (Å²) in [6, 6.07) is 10.6. The van der Waals surface area contributed by atoms with Gasteiger partial charge in [0.2, 0.25) is 0 Å². The van der Waals surface area contributed by atoms with E-state index in [0.29, 0.717) is 17.8 Å². The molecular formula is C15H19N3O. The fourth-order valence-corrected chi connectivity index (χ4v) is 1.42. The molecule has 19 heavy (non-hydrogen) atoms. The number of nitrogens with one attached hydrogen (secondary N) is 1. The van der Waals surface area contributed by atoms with Gasteiger partial charge in [-0.05, 0) is 35.9 Å². The molecule has 1 heterocycles. The van der Waals surface area contributed by atoms with Crippen LogP contribution in [0.2, 0.25) is 0 Å². The Balaban J connectivity index is 0.000000861. The summed E-state index contributed by atoms with van der Waals surface area (Å²) < 4.78 is 0. The van der Waals surface area contributed by atoms with Crippen molar-refractivity contribution in [3.05, 3.63) is 59.9 Å². The average Bonchev–Trinajstić information content (AvgIpc) is 2.49. The van der Waals surface area contributed by atoms with Crippen LogP contribution >= 0.6 is 0 Å². The van der Waals surface area contributed by atoms with Crippen molar-refractivity contribution in [2.75, 3.05) is 5.73 Å². The van der Waals surface area contributed by atoms with Gasteiger partial charge in [0.1, 0.15) is 0 Å². The van der Waals surface area contributed by atoms with Crippen LogP contribution in [0.3, 0.4) is 0 Å². The monoisotopic (exact) mass is 257 g/mol. The maximum absolute atomic E-state index is 11.8. The molecule has 0 saturated heterocycles. The Morgan fingerprint density at radius 1 is 1.21 bits per heavy atom. The number of aromatic nitrogens is 1. The maximum Gasteiger partial charge on any atom is 0.251 e. The highest BCUT2D eigenvalue weighted by molar-refractivity contribution is 5.94. The summed E-state index contributed by atoms with van der Waals surface area (Å²) >= 11 is 0. The summed E-state index contributed by atoms with van der Waals surface area (Å²) in [7, 11) is 0. The van der Waals surface area contributed by atoms with E-state index in [2.05, 4.69) is 10.3 Å². The van der Waals surface area contributed by atoms with Crippen molar-refractivity contribution in [2.24, 2.45) is 0 Å². The molecule has 2 aromatic rings. The minimum absolute atomic E-state index is 0.117. The largest absolute Gasteiger partial charge is 0.399 e. The van der Waals surface area contributed by atoms with Crippen molar-refractivity contribution < 1.29 is 4.79 Å². The Hall–Kier alpha value is -2.36. The third-order valence-corrected chi connectivity index (χ3v) is 2.35. The molecule has 0 unspecified atom stereocenters. The number of nitrogens with two attached hydrogens (primary N) is 1. The van der Waals surface area contributed by atoms with Gasteiger partial charge in [-0.2, -0.15) is 0 Å². The van der Waals surface area contributed by atoms with E-state index < -0.39 is 0 Å². The van der Waals surface area contributed by atoms with E-state index in [1.807, 2.05) is 26.0 Å². The molecule has 0 saturated carbocycles. The molecule has 0 aliphatic carbocycles. The molecule has 100 valence electrons. The van der Waals surface area contributed by atoms with Crippen molar-refractivity contribution in [2.45, 2.75) is 20.4 Å². The standard InChI is InChI=1S/C13H13N3O.C2H6/c14-12-5-3-11(4-6-12)13(17)16-9-10-2-1-7-15-8-10;1-2/h1-8H,9,14H2,(H,16,17);1-2H3. The molecule has 4 nitrogen and oxygen atoms in total. The van der Waals surface area contributed by atoms with Crippen LogP contribution in [0.5, 0.6) is 0 Å². The Kier molecular flexibility index (Phi) is 6.09. The topological polar surface area (TPSA) is 68.0 Å². The third kappa shape index (κ3) is 4.79. The first-order valence-electron chi connectivity index (χ1n) is 6.28. The number of nitrogen functional groups attached to an aromatic ring is 1. The molecule has 1 amide bonds. The maximum atomic E-state index is 11.8. The SMILES string of the molecule is CC.Nc1ccc(C(=O)NCc2cccnc2)cc1. The van der Waals surface area contributed by atoms with E-state index in [1.165, 1.54) is 0 Å². The summed E-state index contributed by atoms with van der Waals surface area (Å²) in [5.74, 6) is -0.117. The number of nitrogens with zero attached hydrogens (tertiary/aromatic N) is 1. The number of anilines is 1. The first kappa shape index (κ1) is 14.7. The number of benzene rings is 1. The van der Waals surface area contributed by atoms with Gasteiger partial charge in [0.25, 0.3) is 5.91 Å². The van der Waals surface area contributed by atoms with Crippen LogP contribution in [0.4, 0.5) is 5.69 Å². The molecule has 0 aliphatic heterocycles. The van der Waals surface area contributed by atoms with E-state index in [-0.39, 0.29) is 5.91 Å². The zero-order valence-electron chi connectivity index (χ0n) is 11.3. The molecule has 4 heteroatoms. The number of carbonyl (C=O) groups excluding carboxylic acids is 1. The molecular weight excluding hydrogens is 238 g/mol. The Bertz CT molecular complexity index is 495. The fraction of sp³-hybridized carbons (Fsp3) is 0.200. The van der Waals surface area contributed by atoms with Crippen LogP contribution in [0.25, 0.3) is 0 Å². The van der Waals surface area contributed by atoms with Crippen molar-refractivity contribution in [1.82, 2.24) is 10.3 Å². The minimum Gasteiger partial charge on any atom is -0.399 e. The van der Waals surface area contributed by atoms with E-state index in [1.54, 1.807) is 36.7 Å². The highest BCUT2D eigenvalue weighted by Crippen LogP contribution is 2.05. The number of pyridine rings is 1. The lowest BCUT2D eigenvalue weighted by molar-refractivity contribution is 0.0951. The lowest BCUT2D eigenvalue weighted by atomic mass is 10.2. The Morgan fingerprint density at radius 3 is 2.47 bits per heavy atom. The van der Waals surface area contributed by atoms with Crippen LogP contribution < -0.4 is 11.1 Å². The highest BCUT2D eigenvalue weighted by atomic mass is 16.1. The number of hydrogen-bond acceptors (Lipinski definition) is 3. The molecule has 1 aromatic carbocycles. The Morgan fingerprint density at radius 2 is 1.89 bits per heavy atom. The van der Waals surface area contributed by atoms with Crippen molar-refractivity contribution in [1.29, 1.82) is 0 Å². The summed E-state index contributed by atoms with van der Waals surface area (Å²) in [6.07, 6.45) is 3.43. The van der Waals surface area contributed by atoms with Gasteiger partial charge in [-0.1, -0.05) is 19.9 Å². The Labute approximate surface area is 113 Å². The number of carbonyl (C=O) groups is 1. The zero-order chi connectivity index (χ0) is 14.1. The van der Waals surface area contributed by atoms with Crippen LogP contribution in [-0.4, -0.2) is 10.9 Å². The van der Waals surface area contributed by atoms with Crippen molar-refractivity contribution >= 4 is 11.6 Å². The number of amides is 1. The first-order valence-corrected chi connectivity index (χ1v) is 6.28. The molecule has 0 atom stereocenters. The van der Waals surface area contributed by atoms with Gasteiger partial charge >= 0.3 is 0 Å². The van der Waals surface area contributed by atoms with Gasteiger partial charge in [-0.3, -0.25) is 9.78 Å². The second-order valence-electron chi connectivity index (χ2n) is 3.67. The molecule has 0 spiro atoms. The van der Waals surface area contributed by atoms with Crippen LogP contribution in [0.15, 0.2) is 48.8 Å². The van der Waals surface area contributed by atoms with Gasteiger partial charge in [-0.15, -0.1) is 0 Å². The molecule has 0 bridgehead atoms. The molecule has 0 aliphatic rings. The van der Waals surface area contributed by atoms with Crippen LogP contribution in [-0.2, 0) is 6.54 Å². The van der Waals surface area contributed by atoms with Crippen LogP contribution in [0.1, 0.15) is 29.8 Å². The summed E-state index contributed by atoms with van der Waals surface area (Å²) in [5.41, 5.74) is 7.77. The van der Waals surface area contributed by atoms with Gasteiger partial charge in [-0.25, -0.2) is 0 Å². The summed E-state index contributed by atoms with van der Waals surface area (Å²) in [5, 5.41) is 2.81. The summed E-state index contributed by atoms with van der Waals surface area (Å²) in [6.45, 7) is 4.47. The molecule has 3 N–H and O–H groups in total. The molecule has 0 radical (unpaired) electrons. The second-order valence-corrected chi connectivity index (χ2v) is 3.67. The van der Waals surface area contributed by atoms with E-state index in [0.717, 1.165) is 5.56 Å². The first-order chi connectivity index (χ1) is 9.25. The smallest absolute Gasteiger partial charge is 0.251 e. The van der Waals surface area contributed by atoms with E-state index in [9.17, 15) is 4.79 Å². The van der Waals surface area contributed by atoms with Crippen molar-refractivity contribution in [3.8, 4) is 0 Å². The quantitative estimate of drug-likeness (QED) is 0.830. The molecule has 2 rings (SSSR count). The summed E-state index contributed by atoms with van der Waals surface area (Å²) in [4.78, 5) is 15.7. The minimum atomic E-state index is -0.117. The molecule has 0 fully saturated rings. The highest BCUT2D eigenvalue weighted by Gasteiger charge is 2.04. The van der Waals surface area contributed by atoms with E-state index in [4.69, 9.17) is 5.73 Å². The average molecular weight is 257 g/mol. The van der Waals surface area contributed by atoms with Gasteiger partial charge in [0.05, 0.1) is 0 Å². The van der Waals surface area contributed by atoms with Gasteiger partial charge in [0, 0.05) is 30.2 Å². The second kappa shape index (κ2) is 7.87. The normalized spacial score (nSPS) is 9.16. The van der Waals surface area contributed by atoms with Gasteiger partial charge < -0.3 is 11.1 Å². The van der Waals surface area contributed by atoms with Crippen LogP contribution in [0, 0.1) is 0 Å². The predicted octanol–water partition coefficient (Wildman–Crippen LogP) is 2.62. The van der Waals surface area contributed by atoms with Crippen molar-refractivity contribution in [3.63, 3.8) is 0 Å². The molecule has 1 aromatic heterocycles. The van der Waals surface area contributed by atoms with Gasteiger partial charge in [0.15, 0.2) is 0 Å².